The Morgan fingerprint density at radius 1 is 1.00 bits per heavy atom. The number of halogens is 3. The highest BCUT2D eigenvalue weighted by molar-refractivity contribution is 5.92. The van der Waals surface area contributed by atoms with Gasteiger partial charge in [-0.25, -0.2) is 0 Å². The number of pyridine rings is 2. The quantitative estimate of drug-likeness (QED) is 0.250. The minimum atomic E-state index is -4.83. The number of anilines is 1. The predicted molar refractivity (Wildman–Crippen MR) is 141 cm³/mol. The number of aromatic nitrogens is 5. The molecule has 0 unspecified atom stereocenters. The lowest BCUT2D eigenvalue weighted by molar-refractivity contribution is -0.274. The van der Waals surface area contributed by atoms with Crippen LogP contribution in [0.1, 0.15) is 34.6 Å². The van der Waals surface area contributed by atoms with Crippen molar-refractivity contribution in [1.29, 1.82) is 0 Å². The first-order valence-corrected chi connectivity index (χ1v) is 12.6. The minimum absolute atomic E-state index is 0.192. The molecule has 0 fully saturated rings. The Balaban J connectivity index is 1.20. The molecule has 14 heteroatoms. The number of unbranched alkanes of at least 4 members (excludes halogenated alkanes) is 1. The molecule has 1 aromatic carbocycles. The van der Waals surface area contributed by atoms with Crippen molar-refractivity contribution in [2.45, 2.75) is 45.3 Å². The van der Waals surface area contributed by atoms with Gasteiger partial charge in [-0.3, -0.25) is 24.0 Å². The van der Waals surface area contributed by atoms with Crippen molar-refractivity contribution in [3.05, 3.63) is 100 Å². The number of carbonyl (C=O) groups excluding carboxylic acids is 2. The van der Waals surface area contributed by atoms with E-state index in [2.05, 4.69) is 30.7 Å². The van der Waals surface area contributed by atoms with Gasteiger partial charge in [0.25, 0.3) is 11.5 Å². The van der Waals surface area contributed by atoms with E-state index in [0.29, 0.717) is 31.5 Å². The van der Waals surface area contributed by atoms with Crippen LogP contribution in [0.4, 0.5) is 18.9 Å². The molecule has 0 saturated carbocycles. The van der Waals surface area contributed by atoms with E-state index in [9.17, 15) is 27.6 Å². The van der Waals surface area contributed by atoms with E-state index < -0.39 is 18.0 Å². The van der Waals surface area contributed by atoms with Gasteiger partial charge in [0, 0.05) is 37.2 Å². The summed E-state index contributed by atoms with van der Waals surface area (Å²) in [5.41, 5.74) is 1.19. The van der Waals surface area contributed by atoms with Crippen molar-refractivity contribution in [2.75, 3.05) is 5.32 Å². The first kappa shape index (κ1) is 29.0. The van der Waals surface area contributed by atoms with E-state index in [1.54, 1.807) is 41.5 Å². The molecule has 0 aliphatic heterocycles. The van der Waals surface area contributed by atoms with Crippen molar-refractivity contribution >= 4 is 17.5 Å². The minimum Gasteiger partial charge on any atom is -0.406 e. The van der Waals surface area contributed by atoms with Gasteiger partial charge < -0.3 is 19.9 Å². The topological polar surface area (TPSA) is 133 Å². The van der Waals surface area contributed by atoms with Crippen LogP contribution in [0.15, 0.2) is 78.0 Å². The zero-order valence-corrected chi connectivity index (χ0v) is 21.7. The van der Waals surface area contributed by atoms with E-state index in [4.69, 9.17) is 0 Å². The SMILES string of the molecule is O=C(Cc1cccc(OC(F)(F)F)c1)Nc1ccn(CCCCn2cc(C(=O)NCc3ccccn3)nn2)c(=O)c1. The fourth-order valence-electron chi connectivity index (χ4n) is 3.85. The molecule has 0 aliphatic rings. The second kappa shape index (κ2) is 13.4. The number of carbonyl (C=O) groups is 2. The molecular weight excluding hydrogens is 543 g/mol. The lowest BCUT2D eigenvalue weighted by Crippen LogP contribution is -2.23. The molecule has 0 aliphatic carbocycles. The normalized spacial score (nSPS) is 11.2. The standard InChI is InChI=1S/C27H26F3N7O4/c28-27(29,30)41-22-8-5-6-19(14-22)15-24(38)33-20-9-13-36(25(39)16-20)11-3-4-12-37-18-23(34-35-37)26(40)32-17-21-7-1-2-10-31-21/h1-2,5-10,13-14,16,18H,3-4,11-12,15,17H2,(H,32,40)(H,33,38). The second-order valence-electron chi connectivity index (χ2n) is 8.94. The van der Waals surface area contributed by atoms with E-state index in [1.807, 2.05) is 6.07 Å². The third-order valence-electron chi connectivity index (χ3n) is 5.74. The molecule has 0 saturated heterocycles. The van der Waals surface area contributed by atoms with Crippen LogP contribution in [-0.2, 0) is 30.8 Å². The molecule has 214 valence electrons. The first-order valence-electron chi connectivity index (χ1n) is 12.6. The van der Waals surface area contributed by atoms with Crippen molar-refractivity contribution in [3.8, 4) is 5.75 Å². The molecule has 0 bridgehead atoms. The van der Waals surface area contributed by atoms with E-state index in [1.165, 1.54) is 22.8 Å². The van der Waals surface area contributed by atoms with Crippen LogP contribution in [0.25, 0.3) is 0 Å². The number of nitrogens with zero attached hydrogens (tertiary/aromatic N) is 5. The van der Waals surface area contributed by atoms with E-state index in [0.717, 1.165) is 17.8 Å². The monoisotopic (exact) mass is 569 g/mol. The highest BCUT2D eigenvalue weighted by Gasteiger charge is 2.31. The number of hydrogen-bond donors (Lipinski definition) is 2. The van der Waals surface area contributed by atoms with Gasteiger partial charge in [0.2, 0.25) is 5.91 Å². The summed E-state index contributed by atoms with van der Waals surface area (Å²) in [6.07, 6.45) is 1.03. The number of amides is 2. The first-order chi connectivity index (χ1) is 19.6. The summed E-state index contributed by atoms with van der Waals surface area (Å²) in [5.74, 6) is -1.27. The van der Waals surface area contributed by atoms with Crippen LogP contribution in [0.5, 0.6) is 5.75 Å². The third kappa shape index (κ3) is 9.30. The summed E-state index contributed by atoms with van der Waals surface area (Å²) < 4.78 is 44.2. The molecule has 2 amide bonds. The highest BCUT2D eigenvalue weighted by Crippen LogP contribution is 2.23. The molecule has 11 nitrogen and oxygen atoms in total. The molecule has 3 heterocycles. The molecule has 0 spiro atoms. The Morgan fingerprint density at radius 2 is 1.83 bits per heavy atom. The maximum Gasteiger partial charge on any atom is 0.573 e. The van der Waals surface area contributed by atoms with Crippen LogP contribution in [0.2, 0.25) is 0 Å². The highest BCUT2D eigenvalue weighted by atomic mass is 19.4. The summed E-state index contributed by atoms with van der Waals surface area (Å²) in [4.78, 5) is 41.2. The molecule has 4 aromatic rings. The number of nitrogens with one attached hydrogen (secondary N) is 2. The Labute approximate surface area is 232 Å². The van der Waals surface area contributed by atoms with Crippen LogP contribution in [0.3, 0.4) is 0 Å². The van der Waals surface area contributed by atoms with Gasteiger partial charge in [-0.1, -0.05) is 23.4 Å². The van der Waals surface area contributed by atoms with Gasteiger partial charge in [0.15, 0.2) is 5.69 Å². The maximum absolute atomic E-state index is 12.5. The fourth-order valence-corrected chi connectivity index (χ4v) is 3.85. The van der Waals surface area contributed by atoms with Gasteiger partial charge in [-0.15, -0.1) is 18.3 Å². The number of alkyl halides is 3. The fraction of sp³-hybridized carbons (Fsp3) is 0.259. The Hall–Kier alpha value is -5.01. The van der Waals surface area contributed by atoms with Crippen LogP contribution < -0.4 is 20.9 Å². The van der Waals surface area contributed by atoms with Gasteiger partial charge in [0.1, 0.15) is 5.75 Å². The predicted octanol–water partition coefficient (Wildman–Crippen LogP) is 3.33. The van der Waals surface area contributed by atoms with Crippen LogP contribution in [-0.4, -0.2) is 42.7 Å². The summed E-state index contributed by atoms with van der Waals surface area (Å²) in [6.45, 7) is 1.20. The third-order valence-corrected chi connectivity index (χ3v) is 5.74. The second-order valence-corrected chi connectivity index (χ2v) is 8.94. The zero-order chi connectivity index (χ0) is 29.2. The van der Waals surface area contributed by atoms with Crippen molar-refractivity contribution in [1.82, 2.24) is 29.9 Å². The molecule has 3 aromatic heterocycles. The van der Waals surface area contributed by atoms with E-state index in [-0.39, 0.29) is 35.8 Å². The van der Waals surface area contributed by atoms with Gasteiger partial charge in [0.05, 0.1) is 24.9 Å². The van der Waals surface area contributed by atoms with Gasteiger partial charge in [-0.2, -0.15) is 0 Å². The maximum atomic E-state index is 12.5. The summed E-state index contributed by atoms with van der Waals surface area (Å²) in [7, 11) is 0. The molecule has 41 heavy (non-hydrogen) atoms. The largest absolute Gasteiger partial charge is 0.573 e. The van der Waals surface area contributed by atoms with Gasteiger partial charge >= 0.3 is 6.36 Å². The summed E-state index contributed by atoms with van der Waals surface area (Å²) in [5, 5.41) is 13.2. The van der Waals surface area contributed by atoms with Crippen molar-refractivity contribution in [2.24, 2.45) is 0 Å². The summed E-state index contributed by atoms with van der Waals surface area (Å²) in [6, 6.07) is 13.4. The number of benzene rings is 1. The van der Waals surface area contributed by atoms with E-state index >= 15 is 0 Å². The Bertz CT molecular complexity index is 1540. The van der Waals surface area contributed by atoms with Crippen LogP contribution >= 0.6 is 0 Å². The molecule has 4 rings (SSSR count). The molecule has 0 radical (unpaired) electrons. The number of rotatable bonds is 12. The summed E-state index contributed by atoms with van der Waals surface area (Å²) >= 11 is 0. The Morgan fingerprint density at radius 3 is 2.59 bits per heavy atom. The average molecular weight is 570 g/mol. The zero-order valence-electron chi connectivity index (χ0n) is 21.7. The van der Waals surface area contributed by atoms with Crippen molar-refractivity contribution in [3.63, 3.8) is 0 Å². The molecule has 2 N–H and O–H groups in total. The molecular formula is C27H26F3N7O4. The smallest absolute Gasteiger partial charge is 0.406 e. The number of aryl methyl sites for hydroxylation is 2. The lowest BCUT2D eigenvalue weighted by atomic mass is 10.1. The number of ether oxygens (including phenoxy) is 1. The average Bonchev–Trinajstić information content (AvgIpc) is 3.40. The van der Waals surface area contributed by atoms with Crippen LogP contribution in [0, 0.1) is 0 Å². The lowest BCUT2D eigenvalue weighted by Gasteiger charge is -2.11. The number of hydrogen-bond acceptors (Lipinski definition) is 7. The molecule has 0 atom stereocenters. The van der Waals surface area contributed by atoms with Gasteiger partial charge in [-0.05, 0) is 48.7 Å². The van der Waals surface area contributed by atoms with Crippen molar-refractivity contribution < 1.29 is 27.5 Å². The Kier molecular flexibility index (Phi) is 9.45.